The molecule has 9 heteroatoms. The molecule has 172 valence electrons. The summed E-state index contributed by atoms with van der Waals surface area (Å²) in [5.41, 5.74) is -2.07. The van der Waals surface area contributed by atoms with Gasteiger partial charge >= 0.3 is 12.1 Å². The first kappa shape index (κ1) is 24.3. The number of alkyl halides is 2. The molecule has 1 heterocycles. The number of carbonyl (C=O) groups excluding carboxylic acids is 3. The van der Waals surface area contributed by atoms with Crippen LogP contribution in [0.4, 0.5) is 13.6 Å². The fraction of sp³-hybridized carbons (Fsp3) is 0.857. The fourth-order valence-corrected chi connectivity index (χ4v) is 4.35. The number of hydrogen-bond donors (Lipinski definition) is 1. The van der Waals surface area contributed by atoms with Crippen molar-refractivity contribution in [1.82, 2.24) is 10.2 Å². The van der Waals surface area contributed by atoms with Gasteiger partial charge in [0.1, 0.15) is 17.7 Å². The summed E-state index contributed by atoms with van der Waals surface area (Å²) in [4.78, 5) is 39.5. The third kappa shape index (κ3) is 5.60. The maximum Gasteiger partial charge on any atom is 0.408 e. The lowest BCUT2D eigenvalue weighted by molar-refractivity contribution is -0.194. The number of likely N-dealkylation sites (tertiary alicyclic amines) is 1. The maximum absolute atomic E-state index is 13.5. The minimum Gasteiger partial charge on any atom is -0.467 e. The van der Waals surface area contributed by atoms with Gasteiger partial charge in [-0.05, 0) is 44.4 Å². The zero-order chi connectivity index (χ0) is 23.1. The first-order valence-corrected chi connectivity index (χ1v) is 10.2. The van der Waals surface area contributed by atoms with Crippen molar-refractivity contribution in [1.29, 1.82) is 0 Å². The monoisotopic (exact) mass is 432 g/mol. The Hall–Kier alpha value is -1.93. The molecule has 0 bridgehead atoms. The van der Waals surface area contributed by atoms with Gasteiger partial charge in [-0.3, -0.25) is 4.79 Å². The molecule has 1 spiro atoms. The van der Waals surface area contributed by atoms with Crippen LogP contribution in [0, 0.1) is 10.8 Å². The zero-order valence-corrected chi connectivity index (χ0v) is 18.9. The Kier molecular flexibility index (Phi) is 6.46. The number of carbonyl (C=O) groups is 3. The lowest BCUT2D eigenvalue weighted by Gasteiger charge is -2.54. The summed E-state index contributed by atoms with van der Waals surface area (Å²) in [5, 5.41) is 2.63. The smallest absolute Gasteiger partial charge is 0.408 e. The molecule has 30 heavy (non-hydrogen) atoms. The highest BCUT2D eigenvalue weighted by atomic mass is 19.3. The SMILES string of the molecule is COC(=O)[C@@H]1CC2(CCN1C(=O)[C@@H](NC(=O)OC(C)(C)C)C(C)(C)C)CC(F)(F)C2. The minimum atomic E-state index is -2.72. The van der Waals surface area contributed by atoms with Crippen LogP contribution in [0.3, 0.4) is 0 Å². The Morgan fingerprint density at radius 1 is 1.10 bits per heavy atom. The molecule has 2 rings (SSSR count). The van der Waals surface area contributed by atoms with Crippen molar-refractivity contribution >= 4 is 18.0 Å². The van der Waals surface area contributed by atoms with E-state index in [1.54, 1.807) is 41.5 Å². The van der Waals surface area contributed by atoms with Gasteiger partial charge in [0.05, 0.1) is 7.11 Å². The predicted molar refractivity (Wildman–Crippen MR) is 106 cm³/mol. The molecular formula is C21H34F2N2O5. The molecule has 2 amide bonds. The van der Waals surface area contributed by atoms with E-state index in [1.807, 2.05) is 0 Å². The van der Waals surface area contributed by atoms with Crippen molar-refractivity contribution in [2.75, 3.05) is 13.7 Å². The molecule has 2 atom stereocenters. The highest BCUT2D eigenvalue weighted by Gasteiger charge is 2.60. The summed E-state index contributed by atoms with van der Waals surface area (Å²) in [5.74, 6) is -3.81. The molecule has 2 aliphatic rings. The molecule has 0 aromatic rings. The minimum absolute atomic E-state index is 0.129. The molecule has 2 fully saturated rings. The van der Waals surface area contributed by atoms with Gasteiger partial charge in [0.15, 0.2) is 0 Å². The Morgan fingerprint density at radius 3 is 2.10 bits per heavy atom. The van der Waals surface area contributed by atoms with E-state index in [1.165, 1.54) is 12.0 Å². The average molecular weight is 433 g/mol. The molecule has 1 saturated heterocycles. The summed E-state index contributed by atoms with van der Waals surface area (Å²) < 4.78 is 37.2. The van der Waals surface area contributed by atoms with E-state index < -0.39 is 52.4 Å². The second-order valence-electron chi connectivity index (χ2n) is 10.7. The van der Waals surface area contributed by atoms with Crippen LogP contribution in [0.1, 0.15) is 67.2 Å². The van der Waals surface area contributed by atoms with E-state index in [0.717, 1.165) is 0 Å². The molecule has 0 radical (unpaired) electrons. The maximum atomic E-state index is 13.5. The largest absolute Gasteiger partial charge is 0.467 e. The number of amides is 2. The Bertz CT molecular complexity index is 688. The van der Waals surface area contributed by atoms with Gasteiger partial charge in [-0.15, -0.1) is 0 Å². The summed E-state index contributed by atoms with van der Waals surface area (Å²) >= 11 is 0. The summed E-state index contributed by atoms with van der Waals surface area (Å²) in [6.45, 7) is 10.7. The number of esters is 1. The Labute approximate surface area is 176 Å². The lowest BCUT2D eigenvalue weighted by atomic mass is 9.59. The standard InChI is InChI=1S/C21H34F2N2O5/c1-18(2,3)14(24-17(28)30-19(4,5)6)15(26)25-9-8-20(11-21(22,23)12-20)10-13(25)16(27)29-7/h13-14H,8-12H2,1-7H3,(H,24,28)/t13-,14+/m0/s1. The van der Waals surface area contributed by atoms with Crippen LogP contribution in [0.5, 0.6) is 0 Å². The van der Waals surface area contributed by atoms with E-state index in [0.29, 0.717) is 6.42 Å². The second kappa shape index (κ2) is 7.96. The van der Waals surface area contributed by atoms with Crippen molar-refractivity contribution < 1.29 is 32.6 Å². The lowest BCUT2D eigenvalue weighted by Crippen LogP contribution is -2.63. The number of alkyl carbamates (subject to hydrolysis) is 1. The van der Waals surface area contributed by atoms with E-state index in [4.69, 9.17) is 9.47 Å². The number of ether oxygens (including phenoxy) is 2. The third-order valence-electron chi connectivity index (χ3n) is 5.68. The van der Waals surface area contributed by atoms with Crippen LogP contribution in [-0.2, 0) is 19.1 Å². The van der Waals surface area contributed by atoms with Gasteiger partial charge in [0.2, 0.25) is 11.8 Å². The molecule has 1 aliphatic carbocycles. The Morgan fingerprint density at radius 2 is 1.67 bits per heavy atom. The molecule has 1 saturated carbocycles. The highest BCUT2D eigenvalue weighted by molar-refractivity contribution is 5.90. The van der Waals surface area contributed by atoms with Gasteiger partial charge in [-0.1, -0.05) is 20.8 Å². The van der Waals surface area contributed by atoms with Crippen molar-refractivity contribution in [3.8, 4) is 0 Å². The summed E-state index contributed by atoms with van der Waals surface area (Å²) in [7, 11) is 1.21. The summed E-state index contributed by atoms with van der Waals surface area (Å²) in [6.07, 6.45) is -0.796. The van der Waals surface area contributed by atoms with Crippen LogP contribution < -0.4 is 5.32 Å². The topological polar surface area (TPSA) is 84.9 Å². The van der Waals surface area contributed by atoms with Crippen LogP contribution in [-0.4, -0.2) is 60.1 Å². The van der Waals surface area contributed by atoms with E-state index in [9.17, 15) is 23.2 Å². The second-order valence-corrected chi connectivity index (χ2v) is 10.7. The third-order valence-corrected chi connectivity index (χ3v) is 5.68. The van der Waals surface area contributed by atoms with Crippen LogP contribution in [0.25, 0.3) is 0 Å². The number of hydrogen-bond acceptors (Lipinski definition) is 5. The Balaban J connectivity index is 2.23. The number of nitrogens with zero attached hydrogens (tertiary/aromatic N) is 1. The van der Waals surface area contributed by atoms with E-state index >= 15 is 0 Å². The normalized spacial score (nSPS) is 23.9. The van der Waals surface area contributed by atoms with Gasteiger partial charge in [0, 0.05) is 19.4 Å². The van der Waals surface area contributed by atoms with Gasteiger partial charge < -0.3 is 19.7 Å². The molecule has 1 aliphatic heterocycles. The first-order chi connectivity index (χ1) is 13.5. The van der Waals surface area contributed by atoms with Gasteiger partial charge in [-0.2, -0.15) is 0 Å². The quantitative estimate of drug-likeness (QED) is 0.690. The number of nitrogens with one attached hydrogen (secondary N) is 1. The number of methoxy groups -OCH3 is 1. The first-order valence-electron chi connectivity index (χ1n) is 10.2. The summed E-state index contributed by atoms with van der Waals surface area (Å²) in [6, 6.07) is -1.92. The van der Waals surface area contributed by atoms with Crippen LogP contribution in [0.2, 0.25) is 0 Å². The molecule has 0 aromatic heterocycles. The van der Waals surface area contributed by atoms with Crippen molar-refractivity contribution in [3.05, 3.63) is 0 Å². The fourth-order valence-electron chi connectivity index (χ4n) is 4.35. The molecule has 0 aromatic carbocycles. The number of piperidine rings is 1. The van der Waals surface area contributed by atoms with Crippen LogP contribution >= 0.6 is 0 Å². The number of halogens is 2. The molecule has 0 unspecified atom stereocenters. The molecular weight excluding hydrogens is 398 g/mol. The molecule has 7 nitrogen and oxygen atoms in total. The zero-order valence-electron chi connectivity index (χ0n) is 18.9. The highest BCUT2D eigenvalue weighted by Crippen LogP contribution is 2.58. The van der Waals surface area contributed by atoms with Crippen molar-refractivity contribution in [2.24, 2.45) is 10.8 Å². The van der Waals surface area contributed by atoms with E-state index in [2.05, 4.69) is 5.32 Å². The van der Waals surface area contributed by atoms with Gasteiger partial charge in [-0.25, -0.2) is 18.4 Å². The van der Waals surface area contributed by atoms with Gasteiger partial charge in [0.25, 0.3) is 0 Å². The van der Waals surface area contributed by atoms with Crippen molar-refractivity contribution in [2.45, 2.75) is 90.8 Å². The van der Waals surface area contributed by atoms with Crippen molar-refractivity contribution in [3.63, 3.8) is 0 Å². The van der Waals surface area contributed by atoms with Crippen LogP contribution in [0.15, 0.2) is 0 Å². The van der Waals surface area contributed by atoms with E-state index in [-0.39, 0.29) is 25.8 Å². The predicted octanol–water partition coefficient (Wildman–Crippen LogP) is 3.51. The average Bonchev–Trinajstić information content (AvgIpc) is 2.54. The number of rotatable bonds is 3. The molecule has 1 N–H and O–H groups in total.